The number of carbonyl (C=O) groups excluding carboxylic acids is 2. The molecule has 28 heavy (non-hydrogen) atoms. The molecule has 0 atom stereocenters. The van der Waals surface area contributed by atoms with Crippen molar-refractivity contribution in [3.8, 4) is 11.5 Å². The maximum absolute atomic E-state index is 12.6. The molecule has 0 saturated heterocycles. The van der Waals surface area contributed by atoms with E-state index in [1.807, 2.05) is 13.8 Å². The van der Waals surface area contributed by atoms with E-state index in [0.29, 0.717) is 46.0 Å². The van der Waals surface area contributed by atoms with Crippen molar-refractivity contribution >= 4 is 39.9 Å². The number of carbonyl (C=O) groups is 2. The normalized spacial score (nSPS) is 10.5. The molecule has 0 aliphatic heterocycles. The number of esters is 1. The number of benzene rings is 1. The van der Waals surface area contributed by atoms with Crippen LogP contribution in [0, 0.1) is 6.92 Å². The van der Waals surface area contributed by atoms with Crippen molar-refractivity contribution in [2.75, 3.05) is 25.1 Å². The molecule has 152 valence electrons. The first-order valence-electron chi connectivity index (χ1n) is 8.96. The molecule has 1 heterocycles. The van der Waals surface area contributed by atoms with Crippen molar-refractivity contribution < 1.29 is 23.8 Å². The van der Waals surface area contributed by atoms with Gasteiger partial charge in [0.15, 0.2) is 16.6 Å². The summed E-state index contributed by atoms with van der Waals surface area (Å²) in [7, 11) is 0. The lowest BCUT2D eigenvalue weighted by Gasteiger charge is -2.14. The smallest absolute Gasteiger partial charge is 0.350 e. The van der Waals surface area contributed by atoms with E-state index in [4.69, 9.17) is 25.8 Å². The summed E-state index contributed by atoms with van der Waals surface area (Å²) in [5.41, 5.74) is 0.790. The van der Waals surface area contributed by atoms with Crippen molar-refractivity contribution in [2.45, 2.75) is 34.1 Å². The zero-order valence-corrected chi connectivity index (χ0v) is 17.8. The Hall–Kier alpha value is -2.32. The number of amides is 1. The van der Waals surface area contributed by atoms with Crippen molar-refractivity contribution in [3.05, 3.63) is 33.3 Å². The van der Waals surface area contributed by atoms with Crippen molar-refractivity contribution in [1.29, 1.82) is 0 Å². The summed E-state index contributed by atoms with van der Waals surface area (Å²) in [6, 6.07) is 3.08. The molecule has 0 saturated carbocycles. The van der Waals surface area contributed by atoms with Gasteiger partial charge in [-0.1, -0.05) is 29.9 Å². The summed E-state index contributed by atoms with van der Waals surface area (Å²) in [5, 5.41) is 3.26. The minimum Gasteiger partial charge on any atom is -0.490 e. The van der Waals surface area contributed by atoms with Gasteiger partial charge in [-0.3, -0.25) is 10.1 Å². The minimum absolute atomic E-state index is 0.267. The van der Waals surface area contributed by atoms with Gasteiger partial charge in [0.2, 0.25) is 0 Å². The van der Waals surface area contributed by atoms with Crippen LogP contribution in [-0.2, 0) is 4.74 Å². The Labute approximate surface area is 173 Å². The molecule has 0 aliphatic rings. The first kappa shape index (κ1) is 22.0. The number of thiazole rings is 1. The summed E-state index contributed by atoms with van der Waals surface area (Å²) in [4.78, 5) is 29.1. The van der Waals surface area contributed by atoms with E-state index in [2.05, 4.69) is 10.3 Å². The van der Waals surface area contributed by atoms with Crippen LogP contribution in [-0.4, -0.2) is 36.7 Å². The van der Waals surface area contributed by atoms with Gasteiger partial charge in [0.1, 0.15) is 4.88 Å². The molecule has 2 rings (SSSR count). The maximum atomic E-state index is 12.6. The molecule has 0 bridgehead atoms. The highest BCUT2D eigenvalue weighted by atomic mass is 35.5. The second-order valence-corrected chi connectivity index (χ2v) is 7.08. The van der Waals surface area contributed by atoms with E-state index in [1.165, 1.54) is 6.07 Å². The third kappa shape index (κ3) is 5.36. The molecule has 1 aromatic heterocycles. The van der Waals surface area contributed by atoms with E-state index in [9.17, 15) is 9.59 Å². The second-order valence-electron chi connectivity index (χ2n) is 5.67. The molecule has 1 N–H and O–H groups in total. The number of ether oxygens (including phenoxy) is 3. The van der Waals surface area contributed by atoms with Gasteiger partial charge in [-0.25, -0.2) is 9.78 Å². The van der Waals surface area contributed by atoms with Crippen molar-refractivity contribution in [3.63, 3.8) is 0 Å². The van der Waals surface area contributed by atoms with Crippen LogP contribution in [0.25, 0.3) is 0 Å². The van der Waals surface area contributed by atoms with E-state index >= 15 is 0 Å². The largest absolute Gasteiger partial charge is 0.490 e. The zero-order valence-electron chi connectivity index (χ0n) is 16.3. The third-order valence-corrected chi connectivity index (χ3v) is 4.83. The SMILES string of the molecule is CCCOc1c(Cl)cc(C(=O)Nc2nc(C)c(C(=O)OCC)s2)cc1OCC. The highest BCUT2D eigenvalue weighted by Crippen LogP contribution is 2.37. The summed E-state index contributed by atoms with van der Waals surface area (Å²) in [5.74, 6) is -0.0705. The lowest BCUT2D eigenvalue weighted by Crippen LogP contribution is -2.12. The summed E-state index contributed by atoms with van der Waals surface area (Å²) in [6.45, 7) is 8.38. The number of aryl methyl sites for hydroxylation is 1. The summed E-state index contributed by atoms with van der Waals surface area (Å²) < 4.78 is 16.2. The number of hydrogen-bond acceptors (Lipinski definition) is 7. The van der Waals surface area contributed by atoms with E-state index < -0.39 is 11.9 Å². The molecule has 1 amide bonds. The van der Waals surface area contributed by atoms with Crippen LogP contribution in [0.1, 0.15) is 52.9 Å². The molecule has 0 fully saturated rings. The van der Waals surface area contributed by atoms with Gasteiger partial charge in [0, 0.05) is 5.56 Å². The molecular formula is C19H23ClN2O5S. The van der Waals surface area contributed by atoms with Gasteiger partial charge >= 0.3 is 5.97 Å². The fourth-order valence-electron chi connectivity index (χ4n) is 2.31. The van der Waals surface area contributed by atoms with Gasteiger partial charge in [-0.2, -0.15) is 0 Å². The highest BCUT2D eigenvalue weighted by molar-refractivity contribution is 7.17. The van der Waals surface area contributed by atoms with Crippen LogP contribution < -0.4 is 14.8 Å². The Morgan fingerprint density at radius 1 is 1.18 bits per heavy atom. The Bertz CT molecular complexity index is 853. The molecule has 9 heteroatoms. The van der Waals surface area contributed by atoms with Crippen molar-refractivity contribution in [1.82, 2.24) is 4.98 Å². The maximum Gasteiger partial charge on any atom is 0.350 e. The van der Waals surface area contributed by atoms with Crippen molar-refractivity contribution in [2.24, 2.45) is 0 Å². The first-order chi connectivity index (χ1) is 13.4. The molecule has 0 spiro atoms. The molecular weight excluding hydrogens is 404 g/mol. The fourth-order valence-corrected chi connectivity index (χ4v) is 3.43. The van der Waals surface area contributed by atoms with E-state index in [1.54, 1.807) is 19.9 Å². The Kier molecular flexibility index (Phi) is 8.07. The van der Waals surface area contributed by atoms with Crippen LogP contribution in [0.5, 0.6) is 11.5 Å². The van der Waals surface area contributed by atoms with E-state index in [-0.39, 0.29) is 11.6 Å². The predicted octanol–water partition coefficient (Wildman–Crippen LogP) is 4.72. The minimum atomic E-state index is -0.461. The zero-order chi connectivity index (χ0) is 20.7. The third-order valence-electron chi connectivity index (χ3n) is 3.50. The Morgan fingerprint density at radius 3 is 2.57 bits per heavy atom. The number of anilines is 1. The first-order valence-corrected chi connectivity index (χ1v) is 10.2. The number of aromatic nitrogens is 1. The monoisotopic (exact) mass is 426 g/mol. The van der Waals surface area contributed by atoms with Gasteiger partial charge in [0.05, 0.1) is 30.5 Å². The molecule has 1 aromatic carbocycles. The highest BCUT2D eigenvalue weighted by Gasteiger charge is 2.20. The van der Waals surface area contributed by atoms with Gasteiger partial charge in [-0.05, 0) is 39.3 Å². The molecule has 2 aromatic rings. The number of rotatable bonds is 9. The number of nitrogens with zero attached hydrogens (tertiary/aromatic N) is 1. The van der Waals surface area contributed by atoms with Crippen LogP contribution in [0.2, 0.25) is 5.02 Å². The van der Waals surface area contributed by atoms with Gasteiger partial charge in [0.25, 0.3) is 5.91 Å². The molecule has 7 nitrogen and oxygen atoms in total. The average molecular weight is 427 g/mol. The summed E-state index contributed by atoms with van der Waals surface area (Å²) >= 11 is 7.36. The number of hydrogen-bond donors (Lipinski definition) is 1. The lowest BCUT2D eigenvalue weighted by molar-refractivity contribution is 0.0531. The van der Waals surface area contributed by atoms with Gasteiger partial charge < -0.3 is 14.2 Å². The van der Waals surface area contributed by atoms with E-state index in [0.717, 1.165) is 17.8 Å². The standard InChI is InChI=1S/C19H23ClN2O5S/c1-5-8-27-15-13(20)9-12(10-14(15)25-6-2)17(23)22-19-21-11(4)16(28-19)18(24)26-7-3/h9-10H,5-8H2,1-4H3,(H,21,22,23). The van der Waals surface area contributed by atoms with Crippen LogP contribution in [0.4, 0.5) is 5.13 Å². The Morgan fingerprint density at radius 2 is 1.93 bits per heavy atom. The van der Waals surface area contributed by atoms with Crippen LogP contribution in [0.15, 0.2) is 12.1 Å². The lowest BCUT2D eigenvalue weighted by atomic mass is 10.2. The van der Waals surface area contributed by atoms with Gasteiger partial charge in [-0.15, -0.1) is 0 Å². The second kappa shape index (κ2) is 10.3. The quantitative estimate of drug-likeness (QED) is 0.583. The number of nitrogens with one attached hydrogen (secondary N) is 1. The van der Waals surface area contributed by atoms with Crippen LogP contribution >= 0.6 is 22.9 Å². The molecule has 0 unspecified atom stereocenters. The fraction of sp³-hybridized carbons (Fsp3) is 0.421. The number of halogens is 1. The predicted molar refractivity (Wildman–Crippen MR) is 109 cm³/mol. The topological polar surface area (TPSA) is 86.8 Å². The summed E-state index contributed by atoms with van der Waals surface area (Å²) in [6.07, 6.45) is 0.816. The Balaban J connectivity index is 2.24. The average Bonchev–Trinajstić information content (AvgIpc) is 3.01. The van der Waals surface area contributed by atoms with Crippen LogP contribution in [0.3, 0.4) is 0 Å². The molecule has 0 radical (unpaired) electrons. The molecule has 0 aliphatic carbocycles.